The van der Waals surface area contributed by atoms with Crippen LogP contribution in [0, 0.1) is 6.92 Å². The summed E-state index contributed by atoms with van der Waals surface area (Å²) in [5.74, 6) is -0.329. The van der Waals surface area contributed by atoms with E-state index >= 15 is 0 Å². The monoisotopic (exact) mass is 390 g/mol. The average Bonchev–Trinajstić information content (AvgIpc) is 2.86. The van der Waals surface area contributed by atoms with Gasteiger partial charge in [0.15, 0.2) is 0 Å². The number of amides is 2. The van der Waals surface area contributed by atoms with Crippen molar-refractivity contribution in [2.24, 2.45) is 0 Å². The fourth-order valence-electron chi connectivity index (χ4n) is 3.09. The van der Waals surface area contributed by atoms with Crippen LogP contribution in [0.25, 0.3) is 0 Å². The molecule has 0 aliphatic carbocycles. The van der Waals surface area contributed by atoms with Crippen molar-refractivity contribution < 1.29 is 9.59 Å². The predicted octanol–water partition coefficient (Wildman–Crippen LogP) is 3.47. The van der Waals surface area contributed by atoms with Gasteiger partial charge in [-0.05, 0) is 48.7 Å². The molecule has 2 heterocycles. The van der Waals surface area contributed by atoms with Gasteiger partial charge in [-0.2, -0.15) is 0 Å². The van der Waals surface area contributed by atoms with Crippen LogP contribution >= 0.6 is 11.8 Å². The molecule has 1 aromatic heterocycles. The largest absolute Gasteiger partial charge is 0.352 e. The number of hydrogen-bond donors (Lipinski definition) is 2. The van der Waals surface area contributed by atoms with E-state index in [2.05, 4.69) is 20.6 Å². The van der Waals surface area contributed by atoms with Gasteiger partial charge < -0.3 is 10.6 Å². The zero-order valence-electron chi connectivity index (χ0n) is 15.2. The van der Waals surface area contributed by atoms with Gasteiger partial charge >= 0.3 is 0 Å². The van der Waals surface area contributed by atoms with Crippen molar-refractivity contribution in [3.8, 4) is 0 Å². The van der Waals surface area contributed by atoms with Crippen molar-refractivity contribution in [2.45, 2.75) is 23.1 Å². The molecule has 0 radical (unpaired) electrons. The van der Waals surface area contributed by atoms with Crippen LogP contribution in [0.5, 0.6) is 0 Å². The molecule has 1 aliphatic rings. The van der Waals surface area contributed by atoms with E-state index in [1.54, 1.807) is 18.5 Å². The molecule has 140 valence electrons. The second-order valence-corrected chi connectivity index (χ2v) is 7.50. The second-order valence-electron chi connectivity index (χ2n) is 6.42. The van der Waals surface area contributed by atoms with Crippen LogP contribution in [0.3, 0.4) is 0 Å². The molecule has 0 bridgehead atoms. The van der Waals surface area contributed by atoms with Crippen LogP contribution in [-0.4, -0.2) is 28.3 Å². The van der Waals surface area contributed by atoms with Crippen LogP contribution in [-0.2, 0) is 6.42 Å². The molecule has 3 aromatic rings. The molecule has 2 N–H and O–H groups in total. The summed E-state index contributed by atoms with van der Waals surface area (Å²) in [6.45, 7) is 2.34. The standard InChI is InChI=1S/C21H18N4O2S/c1-13-15(20(26)24-9-8-14-10-22-12-23-11-14)6-7-18-19(13)25-21(27)16-4-2-3-5-17(16)28-18/h2-7,10-12H,8-9H2,1H3,(H,24,26)(H,25,27). The van der Waals surface area contributed by atoms with Crippen LogP contribution in [0.2, 0.25) is 0 Å². The normalized spacial score (nSPS) is 12.4. The van der Waals surface area contributed by atoms with Crippen molar-refractivity contribution in [3.63, 3.8) is 0 Å². The molecule has 1 aliphatic heterocycles. The van der Waals surface area contributed by atoms with E-state index in [-0.39, 0.29) is 11.8 Å². The lowest BCUT2D eigenvalue weighted by Gasteiger charge is -2.14. The van der Waals surface area contributed by atoms with Gasteiger partial charge in [-0.15, -0.1) is 0 Å². The van der Waals surface area contributed by atoms with Crippen molar-refractivity contribution in [3.05, 3.63) is 77.4 Å². The highest BCUT2D eigenvalue weighted by Gasteiger charge is 2.23. The number of carbonyl (C=O) groups excluding carboxylic acids is 2. The van der Waals surface area contributed by atoms with Gasteiger partial charge in [0.2, 0.25) is 0 Å². The SMILES string of the molecule is Cc1c(C(=O)NCCc2cncnc2)ccc2c1NC(=O)c1ccccc1S2. The molecule has 4 rings (SSSR count). The van der Waals surface area contributed by atoms with Crippen LogP contribution in [0.15, 0.2) is 64.9 Å². The van der Waals surface area contributed by atoms with E-state index in [4.69, 9.17) is 0 Å². The number of carbonyl (C=O) groups is 2. The van der Waals surface area contributed by atoms with Gasteiger partial charge in [-0.25, -0.2) is 9.97 Å². The summed E-state index contributed by atoms with van der Waals surface area (Å²) in [5, 5.41) is 5.89. The Morgan fingerprint density at radius 3 is 2.71 bits per heavy atom. The van der Waals surface area contributed by atoms with Gasteiger partial charge in [0.1, 0.15) is 6.33 Å². The zero-order chi connectivity index (χ0) is 19.5. The maximum absolute atomic E-state index is 12.7. The maximum atomic E-state index is 12.7. The van der Waals surface area contributed by atoms with Crippen molar-refractivity contribution in [2.75, 3.05) is 11.9 Å². The summed E-state index contributed by atoms with van der Waals surface area (Å²) in [6, 6.07) is 11.2. The topological polar surface area (TPSA) is 84.0 Å². The molecular formula is C21H18N4O2S. The van der Waals surface area contributed by atoms with Gasteiger partial charge in [-0.3, -0.25) is 9.59 Å². The number of nitrogens with zero attached hydrogens (tertiary/aromatic N) is 2. The Balaban J connectivity index is 1.53. The molecule has 6 nitrogen and oxygen atoms in total. The Kier molecular flexibility index (Phi) is 5.08. The molecule has 0 spiro atoms. The summed E-state index contributed by atoms with van der Waals surface area (Å²) < 4.78 is 0. The lowest BCUT2D eigenvalue weighted by molar-refractivity contribution is 0.0952. The average molecular weight is 390 g/mol. The highest BCUT2D eigenvalue weighted by Crippen LogP contribution is 2.40. The van der Waals surface area contributed by atoms with E-state index in [1.165, 1.54) is 18.1 Å². The minimum Gasteiger partial charge on any atom is -0.352 e. The molecular weight excluding hydrogens is 372 g/mol. The number of hydrogen-bond acceptors (Lipinski definition) is 5. The Morgan fingerprint density at radius 2 is 1.89 bits per heavy atom. The van der Waals surface area contributed by atoms with Crippen molar-refractivity contribution in [1.29, 1.82) is 0 Å². The number of nitrogens with one attached hydrogen (secondary N) is 2. The number of fused-ring (bicyclic) bond motifs is 2. The van der Waals surface area contributed by atoms with Crippen molar-refractivity contribution >= 4 is 29.3 Å². The van der Waals surface area contributed by atoms with E-state index in [1.807, 2.05) is 37.3 Å². The predicted molar refractivity (Wildman–Crippen MR) is 108 cm³/mol. The Hall–Kier alpha value is -3.19. The smallest absolute Gasteiger partial charge is 0.256 e. The summed E-state index contributed by atoms with van der Waals surface area (Å²) in [4.78, 5) is 35.0. The molecule has 0 saturated heterocycles. The lowest BCUT2D eigenvalue weighted by atomic mass is 10.1. The summed E-state index contributed by atoms with van der Waals surface area (Å²) in [7, 11) is 0. The van der Waals surface area contributed by atoms with Crippen LogP contribution < -0.4 is 10.6 Å². The highest BCUT2D eigenvalue weighted by atomic mass is 32.2. The molecule has 0 atom stereocenters. The van der Waals surface area contributed by atoms with E-state index in [0.717, 1.165) is 20.9 Å². The van der Waals surface area contributed by atoms with Gasteiger partial charge in [0.05, 0.1) is 11.3 Å². The van der Waals surface area contributed by atoms with E-state index in [9.17, 15) is 9.59 Å². The molecule has 28 heavy (non-hydrogen) atoms. The third-order valence-electron chi connectivity index (χ3n) is 4.57. The minimum atomic E-state index is -0.168. The molecule has 0 unspecified atom stereocenters. The van der Waals surface area contributed by atoms with Crippen LogP contribution in [0.1, 0.15) is 31.8 Å². The fraction of sp³-hybridized carbons (Fsp3) is 0.143. The molecule has 2 amide bonds. The van der Waals surface area contributed by atoms with Gasteiger partial charge in [0.25, 0.3) is 11.8 Å². The first-order chi connectivity index (χ1) is 13.6. The second kappa shape index (κ2) is 7.82. The first-order valence-corrected chi connectivity index (χ1v) is 9.69. The maximum Gasteiger partial charge on any atom is 0.256 e. The van der Waals surface area contributed by atoms with Crippen LogP contribution in [0.4, 0.5) is 5.69 Å². The summed E-state index contributed by atoms with van der Waals surface area (Å²) in [6.07, 6.45) is 5.60. The summed E-state index contributed by atoms with van der Waals surface area (Å²) >= 11 is 1.53. The number of rotatable bonds is 4. The Bertz CT molecular complexity index is 1050. The fourth-order valence-corrected chi connectivity index (χ4v) is 4.19. The third-order valence-corrected chi connectivity index (χ3v) is 5.71. The quantitative estimate of drug-likeness (QED) is 0.713. The first-order valence-electron chi connectivity index (χ1n) is 8.87. The molecule has 0 fully saturated rings. The van der Waals surface area contributed by atoms with Gasteiger partial charge in [-0.1, -0.05) is 23.9 Å². The van der Waals surface area contributed by atoms with E-state index < -0.39 is 0 Å². The number of aromatic nitrogens is 2. The zero-order valence-corrected chi connectivity index (χ0v) is 16.0. The molecule has 2 aromatic carbocycles. The molecule has 0 saturated carbocycles. The third kappa shape index (κ3) is 3.61. The summed E-state index contributed by atoms with van der Waals surface area (Å²) in [5.41, 5.74) is 3.60. The number of anilines is 1. The number of benzene rings is 2. The lowest BCUT2D eigenvalue weighted by Crippen LogP contribution is -2.27. The molecule has 7 heteroatoms. The van der Waals surface area contributed by atoms with Crippen molar-refractivity contribution in [1.82, 2.24) is 15.3 Å². The van der Waals surface area contributed by atoms with Gasteiger partial charge in [0, 0.05) is 34.3 Å². The first kappa shape index (κ1) is 18.2. The highest BCUT2D eigenvalue weighted by molar-refractivity contribution is 7.99. The minimum absolute atomic E-state index is 0.161. The Morgan fingerprint density at radius 1 is 1.11 bits per heavy atom. The van der Waals surface area contributed by atoms with E-state index in [0.29, 0.717) is 29.8 Å². The Labute approximate surface area is 166 Å².